The van der Waals surface area contributed by atoms with Crippen molar-refractivity contribution in [3.63, 3.8) is 0 Å². The highest BCUT2D eigenvalue weighted by Gasteiger charge is 2.43. The summed E-state index contributed by atoms with van der Waals surface area (Å²) < 4.78 is 5.28. The molecule has 0 bridgehead atoms. The zero-order valence-corrected chi connectivity index (χ0v) is 19.8. The average molecular weight is 396 g/mol. The van der Waals surface area contributed by atoms with E-state index in [1.54, 1.807) is 0 Å². The number of ether oxygens (including phenoxy) is 1. The van der Waals surface area contributed by atoms with Gasteiger partial charge in [0.1, 0.15) is 12.8 Å². The Balaban J connectivity index is 2.79. The third-order valence-corrected chi connectivity index (χ3v) is 17.0. The molecule has 26 heavy (non-hydrogen) atoms. The number of amides is 1. The topological polar surface area (TPSA) is 38.3 Å². The van der Waals surface area contributed by atoms with Crippen LogP contribution >= 0.6 is 11.2 Å². The Kier molecular flexibility index (Phi) is 8.27. The van der Waals surface area contributed by atoms with Gasteiger partial charge in [0.2, 0.25) is 0 Å². The average Bonchev–Trinajstić information content (AvgIpc) is 2.49. The summed E-state index contributed by atoms with van der Waals surface area (Å²) in [6.45, 7) is 20.4. The molecule has 0 radical (unpaired) electrons. The Morgan fingerprint density at radius 3 is 1.85 bits per heavy atom. The van der Waals surface area contributed by atoms with E-state index in [2.05, 4.69) is 82.3 Å². The lowest BCUT2D eigenvalue weighted by molar-refractivity contribution is 0.0523. The van der Waals surface area contributed by atoms with Crippen LogP contribution in [0.25, 0.3) is 0 Å². The van der Waals surface area contributed by atoms with Gasteiger partial charge in [-0.25, -0.2) is 4.79 Å². The molecule has 1 rings (SSSR count). The van der Waals surface area contributed by atoms with Crippen molar-refractivity contribution in [2.24, 2.45) is 0 Å². The van der Waals surface area contributed by atoms with Gasteiger partial charge in [0.25, 0.3) is 0 Å². The minimum Gasteiger partial charge on any atom is -0.444 e. The number of nitrogens with one attached hydrogen (secondary N) is 1. The summed E-state index contributed by atoms with van der Waals surface area (Å²) in [5.74, 6) is 0. The largest absolute Gasteiger partial charge is 0.444 e. The van der Waals surface area contributed by atoms with Crippen LogP contribution in [-0.4, -0.2) is 18.9 Å². The van der Waals surface area contributed by atoms with Crippen molar-refractivity contribution in [2.45, 2.75) is 96.0 Å². The Bertz CT molecular complexity index is 555. The minimum atomic E-state index is -1.52. The summed E-state index contributed by atoms with van der Waals surface area (Å²) in [6.07, 6.45) is -0.373. The number of hydrogen-bond donors (Lipinski definition) is 1. The monoisotopic (exact) mass is 395 g/mol. The van der Waals surface area contributed by atoms with Crippen LogP contribution in [0.15, 0.2) is 29.2 Å². The molecule has 148 valence electrons. The van der Waals surface area contributed by atoms with Crippen molar-refractivity contribution in [3.05, 3.63) is 29.8 Å². The van der Waals surface area contributed by atoms with Gasteiger partial charge < -0.3 is 10.1 Å². The van der Waals surface area contributed by atoms with Gasteiger partial charge in [0, 0.05) is 11.4 Å². The molecule has 1 N–H and O–H groups in total. The van der Waals surface area contributed by atoms with Gasteiger partial charge in [-0.1, -0.05) is 53.7 Å². The van der Waals surface area contributed by atoms with E-state index in [1.807, 2.05) is 20.8 Å². The van der Waals surface area contributed by atoms with E-state index in [-0.39, 0.29) is 6.09 Å². The van der Waals surface area contributed by atoms with Gasteiger partial charge in [-0.2, -0.15) is 11.2 Å². The fourth-order valence-electron chi connectivity index (χ4n) is 3.72. The summed E-state index contributed by atoms with van der Waals surface area (Å²) in [4.78, 5) is 13.1. The summed E-state index contributed by atoms with van der Waals surface area (Å²) in [7, 11) is -1.52. The van der Waals surface area contributed by atoms with Crippen LogP contribution in [0.4, 0.5) is 4.79 Å². The first kappa shape index (κ1) is 23.1. The lowest BCUT2D eigenvalue weighted by Crippen LogP contribution is -2.40. The molecule has 1 aromatic rings. The fraction of sp³-hybridized carbons (Fsp3) is 0.667. The molecule has 5 heteroatoms. The lowest BCUT2D eigenvalue weighted by Gasteiger charge is -2.42. The molecule has 0 saturated heterocycles. The second-order valence-electron chi connectivity index (χ2n) is 8.92. The van der Waals surface area contributed by atoms with Gasteiger partial charge in [-0.05, 0) is 55.1 Å². The maximum Gasteiger partial charge on any atom is 0.407 e. The molecule has 0 atom stereocenters. The number of rotatable bonds is 7. The third kappa shape index (κ3) is 6.34. The molecule has 0 fully saturated rings. The quantitative estimate of drug-likeness (QED) is 0.506. The number of alkyl carbamates (subject to hydrolysis) is 1. The van der Waals surface area contributed by atoms with Gasteiger partial charge in [0.05, 0.1) is 0 Å². The highest BCUT2D eigenvalue weighted by Crippen LogP contribution is 2.51. The SMILES string of the molecule is CC(C)[Si](Sc1ccc(CNC(=O)OC(C)(C)C)cc1)(C(C)C)C(C)C. The molecule has 0 spiro atoms. The first-order chi connectivity index (χ1) is 11.9. The zero-order chi connectivity index (χ0) is 20.1. The molecule has 0 heterocycles. The Hall–Kier alpha value is -0.943. The predicted molar refractivity (Wildman–Crippen MR) is 116 cm³/mol. The van der Waals surface area contributed by atoms with Gasteiger partial charge in [-0.3, -0.25) is 0 Å². The maximum atomic E-state index is 11.8. The molecule has 0 saturated carbocycles. The Labute approximate surface area is 165 Å². The van der Waals surface area contributed by atoms with Gasteiger partial charge in [-0.15, -0.1) is 0 Å². The number of hydrogen-bond acceptors (Lipinski definition) is 3. The molecule has 0 aliphatic rings. The smallest absolute Gasteiger partial charge is 0.407 e. The highest BCUT2D eigenvalue weighted by molar-refractivity contribution is 8.29. The van der Waals surface area contributed by atoms with Crippen LogP contribution in [0.2, 0.25) is 16.6 Å². The summed E-state index contributed by atoms with van der Waals surface area (Å²) in [5, 5.41) is 2.82. The molecule has 0 aliphatic carbocycles. The maximum absolute atomic E-state index is 11.8. The third-order valence-electron chi connectivity index (χ3n) is 4.76. The summed E-state index contributed by atoms with van der Waals surface area (Å²) in [5.41, 5.74) is 2.79. The first-order valence-corrected chi connectivity index (χ1v) is 13.4. The summed E-state index contributed by atoms with van der Waals surface area (Å²) >= 11 is 2.13. The number of carbonyl (C=O) groups excluding carboxylic acids is 1. The van der Waals surface area contributed by atoms with Crippen LogP contribution in [0.5, 0.6) is 0 Å². The zero-order valence-electron chi connectivity index (χ0n) is 18.0. The van der Waals surface area contributed by atoms with Crippen molar-refractivity contribution in [1.82, 2.24) is 5.32 Å². The molecular formula is C21H37NO2SSi. The van der Waals surface area contributed by atoms with E-state index < -0.39 is 12.8 Å². The van der Waals surface area contributed by atoms with E-state index in [0.717, 1.165) is 22.2 Å². The normalized spacial score (nSPS) is 12.8. The number of carbonyl (C=O) groups is 1. The van der Waals surface area contributed by atoms with E-state index in [0.29, 0.717) is 6.54 Å². The molecule has 3 nitrogen and oxygen atoms in total. The highest BCUT2D eigenvalue weighted by atomic mass is 32.4. The number of benzene rings is 1. The van der Waals surface area contributed by atoms with Crippen molar-refractivity contribution >= 4 is 24.5 Å². The molecule has 0 aliphatic heterocycles. The molecule has 1 aromatic carbocycles. The molecule has 1 amide bonds. The first-order valence-electron chi connectivity index (χ1n) is 9.63. The molecule has 0 unspecified atom stereocenters. The Morgan fingerprint density at radius 2 is 1.46 bits per heavy atom. The van der Waals surface area contributed by atoms with Crippen LogP contribution in [0.3, 0.4) is 0 Å². The summed E-state index contributed by atoms with van der Waals surface area (Å²) in [6, 6.07) is 8.62. The molecular weight excluding hydrogens is 358 g/mol. The van der Waals surface area contributed by atoms with Crippen molar-refractivity contribution in [1.29, 1.82) is 0 Å². The van der Waals surface area contributed by atoms with Crippen LogP contribution in [0, 0.1) is 0 Å². The standard InChI is InChI=1S/C21H37NO2SSi/c1-15(2)26(16(3)4,17(5)6)25-19-12-10-18(11-13-19)14-22-20(23)24-21(7,8)9/h10-13,15-17H,14H2,1-9H3,(H,22,23). The predicted octanol–water partition coefficient (Wildman–Crippen LogP) is 6.98. The molecule has 0 aromatic heterocycles. The van der Waals surface area contributed by atoms with Gasteiger partial charge in [0.15, 0.2) is 0 Å². The van der Waals surface area contributed by atoms with E-state index in [9.17, 15) is 4.79 Å². The lowest BCUT2D eigenvalue weighted by atomic mass is 10.2. The van der Waals surface area contributed by atoms with E-state index in [1.165, 1.54) is 4.90 Å². The van der Waals surface area contributed by atoms with E-state index >= 15 is 0 Å². The fourth-order valence-corrected chi connectivity index (χ4v) is 12.9. The Morgan fingerprint density at radius 1 is 1.00 bits per heavy atom. The van der Waals surface area contributed by atoms with Crippen LogP contribution in [-0.2, 0) is 11.3 Å². The van der Waals surface area contributed by atoms with Crippen molar-refractivity contribution in [2.75, 3.05) is 0 Å². The van der Waals surface area contributed by atoms with Crippen molar-refractivity contribution < 1.29 is 9.53 Å². The van der Waals surface area contributed by atoms with E-state index in [4.69, 9.17) is 4.74 Å². The van der Waals surface area contributed by atoms with Crippen molar-refractivity contribution in [3.8, 4) is 0 Å². The second kappa shape index (κ2) is 9.31. The minimum absolute atomic E-state index is 0.373. The second-order valence-corrected chi connectivity index (χ2v) is 17.5. The van der Waals surface area contributed by atoms with Gasteiger partial charge >= 0.3 is 6.09 Å². The van der Waals surface area contributed by atoms with Crippen LogP contribution in [0.1, 0.15) is 67.9 Å². The van der Waals surface area contributed by atoms with Crippen LogP contribution < -0.4 is 5.32 Å².